The Balaban J connectivity index is 0.00000144. The number of hydrogen-bond donors (Lipinski definition) is 1. The summed E-state index contributed by atoms with van der Waals surface area (Å²) in [7, 11) is -3.90. The maximum absolute atomic E-state index is 10.5. The summed E-state index contributed by atoms with van der Waals surface area (Å²) in [6, 6.07) is 7.06. The van der Waals surface area contributed by atoms with Gasteiger partial charge in [0.25, 0.3) is 10.1 Å². The first kappa shape index (κ1) is 12.1. The van der Waals surface area contributed by atoms with Crippen LogP contribution in [-0.4, -0.2) is 13.0 Å². The van der Waals surface area contributed by atoms with Crippen molar-refractivity contribution in [2.75, 3.05) is 0 Å². The lowest BCUT2D eigenvalue weighted by molar-refractivity contribution is 0.482. The van der Waals surface area contributed by atoms with Gasteiger partial charge in [-0.2, -0.15) is 8.42 Å². The average Bonchev–Trinajstić information content (AvgIpc) is 1.91. The van der Waals surface area contributed by atoms with Crippen LogP contribution in [0, 0.1) is 6.92 Å². The van der Waals surface area contributed by atoms with E-state index in [1.165, 1.54) is 0 Å². The number of benzene rings is 1. The molecule has 0 fully saturated rings. The molecule has 0 radical (unpaired) electrons. The zero-order valence-electron chi connectivity index (χ0n) is 7.10. The minimum Gasteiger partial charge on any atom is -0.285 e. The number of hydrogen-bond acceptors (Lipinski definition) is 2. The minimum atomic E-state index is -3.90. The molecule has 0 aromatic heterocycles. The van der Waals surface area contributed by atoms with Crippen LogP contribution in [-0.2, 0) is 15.9 Å². The van der Waals surface area contributed by atoms with Gasteiger partial charge in [-0.3, -0.25) is 9.26 Å². The van der Waals surface area contributed by atoms with Crippen LogP contribution in [0.3, 0.4) is 0 Å². The normalized spacial score (nSPS) is 10.6. The van der Waals surface area contributed by atoms with Crippen molar-refractivity contribution < 1.29 is 17.7 Å². The highest BCUT2D eigenvalue weighted by Crippen LogP contribution is 2.09. The molecule has 5 heteroatoms. The van der Waals surface area contributed by atoms with Crippen molar-refractivity contribution in [1.82, 2.24) is 0 Å². The Morgan fingerprint density at radius 1 is 1.31 bits per heavy atom. The molecule has 1 aromatic rings. The quantitative estimate of drug-likeness (QED) is 0.747. The molecule has 0 saturated heterocycles. The lowest BCUT2D eigenvalue weighted by Gasteiger charge is -2.01. The van der Waals surface area contributed by atoms with E-state index in [4.69, 9.17) is 4.55 Å². The highest BCUT2D eigenvalue weighted by atomic mass is 32.2. The van der Waals surface area contributed by atoms with Crippen LogP contribution in [0.1, 0.15) is 11.1 Å². The summed E-state index contributed by atoms with van der Waals surface area (Å²) in [5.74, 6) is -0.306. The van der Waals surface area contributed by atoms with Crippen LogP contribution in [0.5, 0.6) is 0 Å². The van der Waals surface area contributed by atoms with Crippen LogP contribution in [0.25, 0.3) is 0 Å². The Morgan fingerprint density at radius 3 is 2.31 bits per heavy atom. The fraction of sp³-hybridized carbons (Fsp3) is 0.250. The largest absolute Gasteiger partial charge is 0.285 e. The summed E-state index contributed by atoms with van der Waals surface area (Å²) < 4.78 is 29.6. The van der Waals surface area contributed by atoms with Gasteiger partial charge in [-0.15, -0.1) is 0 Å². The Bertz CT molecular complexity index is 373. The molecular formula is C8H11FO3S. The zero-order valence-corrected chi connectivity index (χ0v) is 7.91. The molecule has 1 rings (SSSR count). The highest BCUT2D eigenvalue weighted by Gasteiger charge is 2.07. The lowest BCUT2D eigenvalue weighted by Crippen LogP contribution is -2.02. The van der Waals surface area contributed by atoms with Gasteiger partial charge in [0.05, 0.1) is 0 Å². The Morgan fingerprint density at radius 2 is 1.85 bits per heavy atom. The Labute approximate surface area is 76.5 Å². The maximum atomic E-state index is 10.5. The van der Waals surface area contributed by atoms with Crippen LogP contribution in [0.2, 0.25) is 0 Å². The molecule has 0 saturated carbocycles. The SMILES string of the molecule is Cc1ccccc1CS(=O)(=O)O.F. The van der Waals surface area contributed by atoms with E-state index in [9.17, 15) is 8.42 Å². The Kier molecular flexibility index (Phi) is 4.03. The zero-order chi connectivity index (χ0) is 9.19. The van der Waals surface area contributed by atoms with E-state index >= 15 is 0 Å². The molecule has 0 aliphatic rings. The van der Waals surface area contributed by atoms with Gasteiger partial charge in [-0.25, -0.2) is 0 Å². The van der Waals surface area contributed by atoms with Crippen molar-refractivity contribution in [1.29, 1.82) is 0 Å². The lowest BCUT2D eigenvalue weighted by atomic mass is 10.1. The monoisotopic (exact) mass is 206 g/mol. The van der Waals surface area contributed by atoms with Crippen molar-refractivity contribution in [3.05, 3.63) is 35.4 Å². The van der Waals surface area contributed by atoms with Crippen LogP contribution in [0.4, 0.5) is 4.70 Å². The molecule has 0 spiro atoms. The predicted octanol–water partition coefficient (Wildman–Crippen LogP) is 1.54. The molecule has 1 aromatic carbocycles. The molecule has 74 valence electrons. The maximum Gasteiger partial charge on any atom is 0.269 e. The van der Waals surface area contributed by atoms with E-state index in [2.05, 4.69) is 0 Å². The third kappa shape index (κ3) is 4.00. The molecule has 0 heterocycles. The summed E-state index contributed by atoms with van der Waals surface area (Å²) in [5.41, 5.74) is 1.51. The first-order valence-electron chi connectivity index (χ1n) is 3.49. The van der Waals surface area contributed by atoms with Crippen molar-refractivity contribution in [2.45, 2.75) is 12.7 Å². The second-order valence-electron chi connectivity index (χ2n) is 2.65. The first-order chi connectivity index (χ1) is 5.49. The van der Waals surface area contributed by atoms with E-state index in [-0.39, 0.29) is 10.5 Å². The molecule has 0 unspecified atom stereocenters. The molecule has 0 aliphatic carbocycles. The van der Waals surface area contributed by atoms with Crippen molar-refractivity contribution >= 4 is 10.1 Å². The van der Waals surface area contributed by atoms with E-state index in [0.717, 1.165) is 5.56 Å². The summed E-state index contributed by atoms with van der Waals surface area (Å²) in [6.07, 6.45) is 0. The van der Waals surface area contributed by atoms with Crippen LogP contribution >= 0.6 is 0 Å². The van der Waals surface area contributed by atoms with Gasteiger partial charge in [0.1, 0.15) is 5.75 Å². The standard InChI is InChI=1S/C8H10O3S.FH/c1-7-4-2-3-5-8(7)6-12(9,10)11;/h2-5H,6H2,1H3,(H,9,10,11);1H. The second-order valence-corrected chi connectivity index (χ2v) is 4.11. The fourth-order valence-electron chi connectivity index (χ4n) is 0.969. The van der Waals surface area contributed by atoms with E-state index in [1.807, 2.05) is 6.07 Å². The average molecular weight is 206 g/mol. The van der Waals surface area contributed by atoms with Gasteiger partial charge < -0.3 is 0 Å². The minimum absolute atomic E-state index is 0. The molecule has 0 amide bonds. The summed E-state index contributed by atoms with van der Waals surface area (Å²) in [5, 5.41) is 0. The van der Waals surface area contributed by atoms with E-state index < -0.39 is 10.1 Å². The van der Waals surface area contributed by atoms with E-state index in [0.29, 0.717) is 5.56 Å². The second kappa shape index (κ2) is 4.34. The number of rotatable bonds is 2. The predicted molar refractivity (Wildman–Crippen MR) is 48.9 cm³/mol. The van der Waals surface area contributed by atoms with Gasteiger partial charge >= 0.3 is 0 Å². The van der Waals surface area contributed by atoms with Gasteiger partial charge in [0, 0.05) is 0 Å². The molecule has 3 nitrogen and oxygen atoms in total. The summed E-state index contributed by atoms with van der Waals surface area (Å²) >= 11 is 0. The molecule has 0 bridgehead atoms. The molecular weight excluding hydrogens is 195 g/mol. The van der Waals surface area contributed by atoms with Crippen molar-refractivity contribution in [3.63, 3.8) is 0 Å². The van der Waals surface area contributed by atoms with Crippen LogP contribution in [0.15, 0.2) is 24.3 Å². The smallest absolute Gasteiger partial charge is 0.269 e. The summed E-state index contributed by atoms with van der Waals surface area (Å²) in [6.45, 7) is 1.81. The molecule has 13 heavy (non-hydrogen) atoms. The Hall–Kier alpha value is -0.940. The molecule has 0 atom stereocenters. The molecule has 0 aliphatic heterocycles. The van der Waals surface area contributed by atoms with Gasteiger partial charge in [0.2, 0.25) is 0 Å². The number of aryl methyl sites for hydroxylation is 1. The third-order valence-corrected chi connectivity index (χ3v) is 2.27. The highest BCUT2D eigenvalue weighted by molar-refractivity contribution is 7.85. The number of halogens is 1. The van der Waals surface area contributed by atoms with Crippen molar-refractivity contribution in [2.24, 2.45) is 0 Å². The van der Waals surface area contributed by atoms with Gasteiger partial charge in [0.15, 0.2) is 0 Å². The molecule has 1 N–H and O–H groups in total. The fourth-order valence-corrected chi connectivity index (χ4v) is 1.69. The van der Waals surface area contributed by atoms with Gasteiger partial charge in [-0.1, -0.05) is 24.3 Å². The topological polar surface area (TPSA) is 54.4 Å². The van der Waals surface area contributed by atoms with E-state index in [1.54, 1.807) is 25.1 Å². The third-order valence-electron chi connectivity index (χ3n) is 1.60. The summed E-state index contributed by atoms with van der Waals surface area (Å²) in [4.78, 5) is 0. The van der Waals surface area contributed by atoms with Crippen molar-refractivity contribution in [3.8, 4) is 0 Å². The first-order valence-corrected chi connectivity index (χ1v) is 5.09. The van der Waals surface area contributed by atoms with Crippen LogP contribution < -0.4 is 0 Å². The van der Waals surface area contributed by atoms with Gasteiger partial charge in [-0.05, 0) is 18.1 Å².